The van der Waals surface area contributed by atoms with Crippen LogP contribution >= 0.6 is 11.8 Å². The van der Waals surface area contributed by atoms with Gasteiger partial charge in [0, 0.05) is 24.2 Å². The minimum Gasteiger partial charge on any atom is -0.486 e. The number of ether oxygens (including phenoxy) is 2. The van der Waals surface area contributed by atoms with Crippen LogP contribution in [0.1, 0.15) is 23.6 Å². The highest BCUT2D eigenvalue weighted by Gasteiger charge is 2.24. The standard InChI is InChI=1S/C20H21FN2O3S/c1-23(12-13-2-4-17-18(10-13)26-8-7-25-17)20(24)22-16-6-9-27-19-5-3-14(21)11-15(16)19/h2-5,10-11,16H,6-9,12H2,1H3,(H,22,24). The van der Waals surface area contributed by atoms with Crippen molar-refractivity contribution in [2.45, 2.75) is 23.9 Å². The van der Waals surface area contributed by atoms with Crippen molar-refractivity contribution in [2.75, 3.05) is 26.0 Å². The summed E-state index contributed by atoms with van der Waals surface area (Å²) in [6, 6.07) is 10.1. The van der Waals surface area contributed by atoms with Crippen LogP contribution in [0.15, 0.2) is 41.3 Å². The number of thioether (sulfide) groups is 1. The van der Waals surface area contributed by atoms with Gasteiger partial charge in [0.1, 0.15) is 19.0 Å². The van der Waals surface area contributed by atoms with E-state index in [4.69, 9.17) is 9.47 Å². The number of halogens is 1. The number of carbonyl (C=O) groups excluding carboxylic acids is 1. The number of urea groups is 1. The summed E-state index contributed by atoms with van der Waals surface area (Å²) in [7, 11) is 1.75. The molecule has 1 atom stereocenters. The molecule has 1 N–H and O–H groups in total. The number of amides is 2. The van der Waals surface area contributed by atoms with E-state index in [2.05, 4.69) is 5.32 Å². The van der Waals surface area contributed by atoms with Gasteiger partial charge in [-0.25, -0.2) is 9.18 Å². The summed E-state index contributed by atoms with van der Waals surface area (Å²) >= 11 is 1.69. The average molecular weight is 388 g/mol. The largest absolute Gasteiger partial charge is 0.486 e. The predicted molar refractivity (Wildman–Crippen MR) is 102 cm³/mol. The van der Waals surface area contributed by atoms with Crippen LogP contribution in [0.4, 0.5) is 9.18 Å². The van der Waals surface area contributed by atoms with Gasteiger partial charge < -0.3 is 19.7 Å². The number of fused-ring (bicyclic) bond motifs is 2. The van der Waals surface area contributed by atoms with Gasteiger partial charge in [-0.3, -0.25) is 0 Å². The van der Waals surface area contributed by atoms with Crippen LogP contribution in [0.2, 0.25) is 0 Å². The maximum Gasteiger partial charge on any atom is 0.317 e. The SMILES string of the molecule is CN(Cc1ccc2c(c1)OCCO2)C(=O)NC1CCSc2ccc(F)cc21. The molecule has 7 heteroatoms. The zero-order chi connectivity index (χ0) is 18.8. The number of nitrogens with zero attached hydrogens (tertiary/aromatic N) is 1. The Bertz CT molecular complexity index is 861. The lowest BCUT2D eigenvalue weighted by molar-refractivity contribution is 0.171. The summed E-state index contributed by atoms with van der Waals surface area (Å²) in [5, 5.41) is 3.04. The van der Waals surface area contributed by atoms with E-state index in [1.54, 1.807) is 29.8 Å². The van der Waals surface area contributed by atoms with Crippen molar-refractivity contribution in [3.63, 3.8) is 0 Å². The first kappa shape index (κ1) is 18.0. The molecule has 0 radical (unpaired) electrons. The van der Waals surface area contributed by atoms with Gasteiger partial charge in [0.2, 0.25) is 0 Å². The molecule has 4 rings (SSSR count). The Labute approximate surface area is 161 Å². The van der Waals surface area contributed by atoms with E-state index >= 15 is 0 Å². The average Bonchev–Trinajstić information content (AvgIpc) is 2.68. The van der Waals surface area contributed by atoms with Gasteiger partial charge in [0.05, 0.1) is 6.04 Å². The van der Waals surface area contributed by atoms with Crippen LogP contribution in [0.5, 0.6) is 11.5 Å². The number of hydrogen-bond donors (Lipinski definition) is 1. The molecule has 2 amide bonds. The first-order chi connectivity index (χ1) is 13.1. The molecular formula is C20H21FN2O3S. The third-order valence-corrected chi connectivity index (χ3v) is 5.80. The maximum atomic E-state index is 13.6. The van der Waals surface area contributed by atoms with E-state index in [0.29, 0.717) is 25.5 Å². The fraction of sp³-hybridized carbons (Fsp3) is 0.350. The Morgan fingerprint density at radius 1 is 1.22 bits per heavy atom. The number of benzene rings is 2. The second-order valence-electron chi connectivity index (χ2n) is 6.66. The Balaban J connectivity index is 1.42. The summed E-state index contributed by atoms with van der Waals surface area (Å²) in [6.45, 7) is 1.53. The fourth-order valence-corrected chi connectivity index (χ4v) is 4.41. The van der Waals surface area contributed by atoms with E-state index in [9.17, 15) is 9.18 Å². The fourth-order valence-electron chi connectivity index (χ4n) is 3.31. The molecule has 0 fully saturated rings. The van der Waals surface area contributed by atoms with Crippen LogP contribution in [-0.4, -0.2) is 36.9 Å². The van der Waals surface area contributed by atoms with E-state index < -0.39 is 0 Å². The van der Waals surface area contributed by atoms with Crippen molar-refractivity contribution in [1.82, 2.24) is 10.2 Å². The first-order valence-electron chi connectivity index (χ1n) is 8.92. The van der Waals surface area contributed by atoms with E-state index in [0.717, 1.165) is 33.9 Å². The molecule has 0 spiro atoms. The molecule has 142 valence electrons. The zero-order valence-electron chi connectivity index (χ0n) is 15.0. The molecule has 0 bridgehead atoms. The van der Waals surface area contributed by atoms with Gasteiger partial charge in [-0.15, -0.1) is 11.8 Å². The van der Waals surface area contributed by atoms with Crippen LogP contribution in [0.3, 0.4) is 0 Å². The number of rotatable bonds is 3. The van der Waals surface area contributed by atoms with Crippen molar-refractivity contribution in [3.8, 4) is 11.5 Å². The molecule has 2 aromatic carbocycles. The predicted octanol–water partition coefficient (Wildman–Crippen LogP) is 3.98. The highest BCUT2D eigenvalue weighted by Crippen LogP contribution is 2.36. The van der Waals surface area contributed by atoms with Gasteiger partial charge in [0.25, 0.3) is 0 Å². The summed E-state index contributed by atoms with van der Waals surface area (Å²) in [5.41, 5.74) is 1.81. The number of nitrogens with one attached hydrogen (secondary N) is 1. The smallest absolute Gasteiger partial charge is 0.317 e. The van der Waals surface area contributed by atoms with E-state index in [-0.39, 0.29) is 17.9 Å². The summed E-state index contributed by atoms with van der Waals surface area (Å²) in [5.74, 6) is 2.06. The van der Waals surface area contributed by atoms with Gasteiger partial charge >= 0.3 is 6.03 Å². The first-order valence-corrected chi connectivity index (χ1v) is 9.91. The van der Waals surface area contributed by atoms with Crippen LogP contribution < -0.4 is 14.8 Å². The Morgan fingerprint density at radius 3 is 2.89 bits per heavy atom. The van der Waals surface area contributed by atoms with Crippen LogP contribution in [0, 0.1) is 5.82 Å². The third-order valence-electron chi connectivity index (χ3n) is 4.68. The minimum absolute atomic E-state index is 0.174. The molecule has 0 aliphatic carbocycles. The second-order valence-corrected chi connectivity index (χ2v) is 7.79. The van der Waals surface area contributed by atoms with Gasteiger partial charge in [-0.2, -0.15) is 0 Å². The third kappa shape index (κ3) is 3.98. The highest BCUT2D eigenvalue weighted by atomic mass is 32.2. The van der Waals surface area contributed by atoms with Crippen LogP contribution in [0.25, 0.3) is 0 Å². The molecule has 2 aliphatic heterocycles. The summed E-state index contributed by atoms with van der Waals surface area (Å²) in [4.78, 5) is 15.3. The molecular weight excluding hydrogens is 367 g/mol. The van der Waals surface area contributed by atoms with Gasteiger partial charge in [0.15, 0.2) is 11.5 Å². The van der Waals surface area contributed by atoms with Gasteiger partial charge in [-0.05, 0) is 47.9 Å². The van der Waals surface area contributed by atoms with E-state index in [1.165, 1.54) is 12.1 Å². The number of hydrogen-bond acceptors (Lipinski definition) is 4. The normalized spacial score (nSPS) is 17.8. The summed E-state index contributed by atoms with van der Waals surface area (Å²) in [6.07, 6.45) is 0.782. The molecule has 27 heavy (non-hydrogen) atoms. The lowest BCUT2D eigenvalue weighted by Gasteiger charge is -2.28. The molecule has 1 unspecified atom stereocenters. The maximum absolute atomic E-state index is 13.6. The van der Waals surface area contributed by atoms with Crippen molar-refractivity contribution in [3.05, 3.63) is 53.3 Å². The second kappa shape index (κ2) is 7.68. The van der Waals surface area contributed by atoms with Crippen LogP contribution in [-0.2, 0) is 6.54 Å². The monoisotopic (exact) mass is 388 g/mol. The van der Waals surface area contributed by atoms with E-state index in [1.807, 2.05) is 18.2 Å². The molecule has 2 aliphatic rings. The molecule has 0 saturated heterocycles. The quantitative estimate of drug-likeness (QED) is 0.864. The minimum atomic E-state index is -0.278. The topological polar surface area (TPSA) is 50.8 Å². The highest BCUT2D eigenvalue weighted by molar-refractivity contribution is 7.99. The molecule has 0 aromatic heterocycles. The number of carbonyl (C=O) groups is 1. The van der Waals surface area contributed by atoms with Crippen molar-refractivity contribution in [1.29, 1.82) is 0 Å². The molecule has 2 aromatic rings. The Hall–Kier alpha value is -2.41. The lowest BCUT2D eigenvalue weighted by atomic mass is 10.0. The molecule has 2 heterocycles. The van der Waals surface area contributed by atoms with Gasteiger partial charge in [-0.1, -0.05) is 6.07 Å². The van der Waals surface area contributed by atoms with Crippen molar-refractivity contribution in [2.24, 2.45) is 0 Å². The van der Waals surface area contributed by atoms with Crippen molar-refractivity contribution >= 4 is 17.8 Å². The molecule has 0 saturated carbocycles. The Morgan fingerprint density at radius 2 is 2.04 bits per heavy atom. The lowest BCUT2D eigenvalue weighted by Crippen LogP contribution is -2.40. The Kier molecular flexibility index (Phi) is 5.11. The summed E-state index contributed by atoms with van der Waals surface area (Å²) < 4.78 is 24.8. The zero-order valence-corrected chi connectivity index (χ0v) is 15.9. The van der Waals surface area contributed by atoms with Crippen molar-refractivity contribution < 1.29 is 18.7 Å². The molecule has 5 nitrogen and oxygen atoms in total.